The topological polar surface area (TPSA) is 38.0 Å². The normalized spacial score (nSPS) is 24.9. The summed E-state index contributed by atoms with van der Waals surface area (Å²) in [7, 11) is 0. The molecule has 3 N–H and O–H groups in total. The summed E-state index contributed by atoms with van der Waals surface area (Å²) >= 11 is 0. The van der Waals surface area contributed by atoms with Gasteiger partial charge in [0, 0.05) is 5.56 Å². The highest BCUT2D eigenvalue weighted by Crippen LogP contribution is 2.44. The smallest absolute Gasteiger partial charge is 0.271 e. The van der Waals surface area contributed by atoms with Crippen LogP contribution < -0.4 is 11.3 Å². The van der Waals surface area contributed by atoms with Gasteiger partial charge >= 0.3 is 6.18 Å². The van der Waals surface area contributed by atoms with Gasteiger partial charge in [0.1, 0.15) is 11.6 Å². The molecule has 0 radical (unpaired) electrons. The standard InChI is InChI=1S/C14H17F5N2/c15-10-4-5-12(16)11(7-10)13(21-20)8-2-1-3-9(6-8)14(17,18)19/h4-5,7-9,13,21H,1-3,6,20H2. The van der Waals surface area contributed by atoms with Crippen molar-refractivity contribution in [2.24, 2.45) is 17.7 Å². The van der Waals surface area contributed by atoms with Gasteiger partial charge in [0.25, 0.3) is 0 Å². The Kier molecular flexibility index (Phi) is 4.83. The highest BCUT2D eigenvalue weighted by Gasteiger charge is 2.43. The quantitative estimate of drug-likeness (QED) is 0.506. The van der Waals surface area contributed by atoms with Crippen LogP contribution in [0.15, 0.2) is 18.2 Å². The minimum Gasteiger partial charge on any atom is -0.271 e. The molecule has 7 heteroatoms. The molecule has 0 amide bonds. The average Bonchev–Trinajstić information content (AvgIpc) is 2.43. The second kappa shape index (κ2) is 6.27. The lowest BCUT2D eigenvalue weighted by Crippen LogP contribution is -2.38. The summed E-state index contributed by atoms with van der Waals surface area (Å²) in [6, 6.07) is 2.08. The van der Waals surface area contributed by atoms with Gasteiger partial charge in [-0.1, -0.05) is 6.42 Å². The Bertz CT molecular complexity index is 489. The monoisotopic (exact) mass is 308 g/mol. The summed E-state index contributed by atoms with van der Waals surface area (Å²) < 4.78 is 65.6. The van der Waals surface area contributed by atoms with Crippen LogP contribution in [0.25, 0.3) is 0 Å². The molecule has 1 saturated carbocycles. The van der Waals surface area contributed by atoms with Crippen molar-refractivity contribution in [3.05, 3.63) is 35.4 Å². The first-order valence-corrected chi connectivity index (χ1v) is 6.80. The summed E-state index contributed by atoms with van der Waals surface area (Å²) in [5, 5.41) is 0. The Balaban J connectivity index is 2.23. The van der Waals surface area contributed by atoms with Crippen LogP contribution in [0.1, 0.15) is 37.3 Å². The van der Waals surface area contributed by atoms with Crippen molar-refractivity contribution in [1.29, 1.82) is 0 Å². The van der Waals surface area contributed by atoms with Crippen LogP contribution in [0.4, 0.5) is 22.0 Å². The molecule has 2 rings (SSSR count). The van der Waals surface area contributed by atoms with E-state index in [1.54, 1.807) is 0 Å². The van der Waals surface area contributed by atoms with Crippen molar-refractivity contribution in [3.63, 3.8) is 0 Å². The predicted octanol–water partition coefficient (Wildman–Crippen LogP) is 3.84. The molecule has 0 bridgehead atoms. The van der Waals surface area contributed by atoms with Crippen LogP contribution in [-0.4, -0.2) is 6.18 Å². The molecule has 1 fully saturated rings. The number of nitrogens with one attached hydrogen (secondary N) is 1. The first kappa shape index (κ1) is 16.2. The minimum atomic E-state index is -4.27. The fourth-order valence-electron chi connectivity index (χ4n) is 3.06. The van der Waals surface area contributed by atoms with E-state index in [1.807, 2.05) is 0 Å². The third-order valence-corrected chi connectivity index (χ3v) is 4.12. The van der Waals surface area contributed by atoms with E-state index >= 15 is 0 Å². The molecule has 0 aliphatic heterocycles. The molecule has 0 aromatic heterocycles. The van der Waals surface area contributed by atoms with Crippen LogP contribution in [0.5, 0.6) is 0 Å². The molecule has 1 aliphatic rings. The van der Waals surface area contributed by atoms with Crippen molar-refractivity contribution in [2.75, 3.05) is 0 Å². The maximum absolute atomic E-state index is 13.8. The van der Waals surface area contributed by atoms with Gasteiger partial charge in [0.2, 0.25) is 0 Å². The Morgan fingerprint density at radius 3 is 2.52 bits per heavy atom. The molecule has 3 unspecified atom stereocenters. The number of rotatable bonds is 3. The first-order valence-electron chi connectivity index (χ1n) is 6.80. The SMILES string of the molecule is NNC(c1cc(F)ccc1F)C1CCCC(C(F)(F)F)C1. The van der Waals surface area contributed by atoms with Crippen LogP contribution in [0.2, 0.25) is 0 Å². The zero-order chi connectivity index (χ0) is 15.6. The summed E-state index contributed by atoms with van der Waals surface area (Å²) in [4.78, 5) is 0. The van der Waals surface area contributed by atoms with Crippen LogP contribution in [0.3, 0.4) is 0 Å². The highest BCUT2D eigenvalue weighted by molar-refractivity contribution is 5.23. The maximum Gasteiger partial charge on any atom is 0.391 e. The summed E-state index contributed by atoms with van der Waals surface area (Å²) in [6.07, 6.45) is -3.43. The lowest BCUT2D eigenvalue weighted by atomic mass is 9.76. The molecular formula is C14H17F5N2. The summed E-state index contributed by atoms with van der Waals surface area (Å²) in [6.45, 7) is 0. The second-order valence-electron chi connectivity index (χ2n) is 5.48. The summed E-state index contributed by atoms with van der Waals surface area (Å²) in [5.41, 5.74) is 2.33. The number of nitrogens with two attached hydrogens (primary N) is 1. The van der Waals surface area contributed by atoms with E-state index in [0.29, 0.717) is 12.8 Å². The highest BCUT2D eigenvalue weighted by atomic mass is 19.4. The fraction of sp³-hybridized carbons (Fsp3) is 0.571. The van der Waals surface area contributed by atoms with Crippen molar-refractivity contribution in [3.8, 4) is 0 Å². The van der Waals surface area contributed by atoms with Crippen LogP contribution in [-0.2, 0) is 0 Å². The lowest BCUT2D eigenvalue weighted by Gasteiger charge is -2.35. The molecule has 3 atom stereocenters. The number of benzene rings is 1. The van der Waals surface area contributed by atoms with E-state index in [0.717, 1.165) is 18.2 Å². The molecule has 0 heterocycles. The Hall–Kier alpha value is -1.21. The largest absolute Gasteiger partial charge is 0.391 e. The van der Waals surface area contributed by atoms with E-state index in [9.17, 15) is 22.0 Å². The predicted molar refractivity (Wildman–Crippen MR) is 67.9 cm³/mol. The third-order valence-electron chi connectivity index (χ3n) is 4.12. The Morgan fingerprint density at radius 2 is 1.90 bits per heavy atom. The van der Waals surface area contributed by atoms with Gasteiger partial charge in [-0.2, -0.15) is 13.2 Å². The molecule has 0 saturated heterocycles. The summed E-state index contributed by atoms with van der Waals surface area (Å²) in [5.74, 6) is 2.18. The van der Waals surface area contributed by atoms with Gasteiger partial charge in [-0.25, -0.2) is 8.78 Å². The number of hydrogen-bond acceptors (Lipinski definition) is 2. The van der Waals surface area contributed by atoms with Gasteiger partial charge in [0.15, 0.2) is 0 Å². The fourth-order valence-corrected chi connectivity index (χ4v) is 3.06. The van der Waals surface area contributed by atoms with E-state index in [4.69, 9.17) is 5.84 Å². The zero-order valence-electron chi connectivity index (χ0n) is 11.3. The van der Waals surface area contributed by atoms with Gasteiger partial charge in [-0.05, 0) is 43.4 Å². The molecule has 118 valence electrons. The molecule has 1 aromatic rings. The average molecular weight is 308 g/mol. The first-order chi connectivity index (χ1) is 9.82. The molecule has 0 spiro atoms. The van der Waals surface area contributed by atoms with Crippen LogP contribution >= 0.6 is 0 Å². The number of hydrazine groups is 1. The van der Waals surface area contributed by atoms with Gasteiger partial charge in [0.05, 0.1) is 12.0 Å². The van der Waals surface area contributed by atoms with E-state index in [1.165, 1.54) is 0 Å². The van der Waals surface area contributed by atoms with E-state index in [2.05, 4.69) is 5.43 Å². The number of alkyl halides is 3. The second-order valence-corrected chi connectivity index (χ2v) is 5.48. The molecule has 1 aromatic carbocycles. The van der Waals surface area contributed by atoms with Crippen molar-refractivity contribution >= 4 is 0 Å². The van der Waals surface area contributed by atoms with Crippen molar-refractivity contribution in [1.82, 2.24) is 5.43 Å². The molecule has 1 aliphatic carbocycles. The number of halogens is 5. The number of hydrogen-bond donors (Lipinski definition) is 2. The van der Waals surface area contributed by atoms with Gasteiger partial charge < -0.3 is 0 Å². The maximum atomic E-state index is 13.8. The van der Waals surface area contributed by atoms with Gasteiger partial charge in [-0.15, -0.1) is 0 Å². The van der Waals surface area contributed by atoms with Crippen LogP contribution in [0, 0.1) is 23.5 Å². The van der Waals surface area contributed by atoms with E-state index < -0.39 is 35.7 Å². The van der Waals surface area contributed by atoms with Crippen molar-refractivity contribution in [2.45, 2.75) is 37.9 Å². The Labute approximate surface area is 119 Å². The van der Waals surface area contributed by atoms with Crippen molar-refractivity contribution < 1.29 is 22.0 Å². The molecular weight excluding hydrogens is 291 g/mol. The van der Waals surface area contributed by atoms with Gasteiger partial charge in [-0.3, -0.25) is 11.3 Å². The third kappa shape index (κ3) is 3.71. The zero-order valence-corrected chi connectivity index (χ0v) is 11.3. The molecule has 21 heavy (non-hydrogen) atoms. The minimum absolute atomic E-state index is 0.0228. The Morgan fingerprint density at radius 1 is 1.19 bits per heavy atom. The lowest BCUT2D eigenvalue weighted by molar-refractivity contribution is -0.186. The molecule has 2 nitrogen and oxygen atoms in total. The van der Waals surface area contributed by atoms with E-state index in [-0.39, 0.29) is 18.4 Å².